The van der Waals surface area contributed by atoms with Gasteiger partial charge in [0.05, 0.1) is 0 Å². The van der Waals surface area contributed by atoms with E-state index in [1.54, 1.807) is 27.1 Å². The highest BCUT2D eigenvalue weighted by atomic mass is 31.1. The Morgan fingerprint density at radius 1 is 0.644 bits per heavy atom. The summed E-state index contributed by atoms with van der Waals surface area (Å²) < 4.78 is 0. The Kier molecular flexibility index (Phi) is 20.0. The van der Waals surface area contributed by atoms with Crippen molar-refractivity contribution in [1.82, 2.24) is 0 Å². The minimum atomic E-state index is -0.193. The normalized spacial score (nSPS) is 19.0. The molecule has 2 heteroatoms. The van der Waals surface area contributed by atoms with Crippen LogP contribution in [-0.2, 0) is 0 Å². The van der Waals surface area contributed by atoms with E-state index in [0.29, 0.717) is 0 Å². The second-order valence-corrected chi connectivity index (χ2v) is 17.1. The monoisotopic (exact) mass is 648 g/mol. The number of unbranched alkanes of at least 4 members (excludes halogenated alkanes) is 19. The number of hydrogen-bond donors (Lipinski definition) is 0. The van der Waals surface area contributed by atoms with Crippen LogP contribution < -0.4 is 0 Å². The molecule has 45 heavy (non-hydrogen) atoms. The van der Waals surface area contributed by atoms with Crippen LogP contribution in [0, 0.1) is 5.41 Å². The third kappa shape index (κ3) is 13.2. The molecule has 0 saturated carbocycles. The first-order chi connectivity index (χ1) is 22.2. The molecule has 0 nitrogen and oxygen atoms in total. The fourth-order valence-corrected chi connectivity index (χ4v) is 10.8. The quantitative estimate of drug-likeness (QED) is 0.0430. The molecule has 3 rings (SSSR count). The van der Waals surface area contributed by atoms with E-state index in [-0.39, 0.29) is 13.3 Å². The van der Waals surface area contributed by atoms with Gasteiger partial charge < -0.3 is 0 Å². The van der Waals surface area contributed by atoms with Gasteiger partial charge in [0, 0.05) is 10.7 Å². The maximum atomic E-state index is 2.75. The van der Waals surface area contributed by atoms with Gasteiger partial charge >= 0.3 is 0 Å². The summed E-state index contributed by atoms with van der Waals surface area (Å²) in [6.07, 6.45) is 49.3. The third-order valence-electron chi connectivity index (χ3n) is 10.0. The van der Waals surface area contributed by atoms with Gasteiger partial charge in [-0.2, -0.15) is 0 Å². The summed E-state index contributed by atoms with van der Waals surface area (Å²) in [5.74, 6) is 5.33. The molecule has 0 aromatic rings. The fourth-order valence-electron chi connectivity index (χ4n) is 7.29. The van der Waals surface area contributed by atoms with E-state index >= 15 is 0 Å². The van der Waals surface area contributed by atoms with E-state index in [2.05, 4.69) is 75.8 Å². The molecule has 3 aliphatic rings. The zero-order valence-corrected chi connectivity index (χ0v) is 32.0. The van der Waals surface area contributed by atoms with Crippen LogP contribution in [0.5, 0.6) is 0 Å². The maximum absolute atomic E-state index is 2.75. The molecule has 0 N–H and O–H groups in total. The summed E-state index contributed by atoms with van der Waals surface area (Å²) >= 11 is 0. The van der Waals surface area contributed by atoms with E-state index in [1.807, 2.05) is 0 Å². The van der Waals surface area contributed by atoms with Crippen LogP contribution in [0.25, 0.3) is 0 Å². The predicted octanol–water partition coefficient (Wildman–Crippen LogP) is 16.1. The highest BCUT2D eigenvalue weighted by Gasteiger charge is 2.47. The zero-order valence-electron chi connectivity index (χ0n) is 30.2. The number of fused-ring (bicyclic) bond motifs is 1. The minimum absolute atomic E-state index is 0.111. The highest BCUT2D eigenvalue weighted by Crippen LogP contribution is 2.73. The molecule has 2 unspecified atom stereocenters. The molecule has 0 saturated heterocycles. The topological polar surface area (TPSA) is 0 Å². The Balaban J connectivity index is 1.65. The van der Waals surface area contributed by atoms with Gasteiger partial charge in [-0.25, -0.2) is 0 Å². The largest absolute Gasteiger partial charge is 0.0873 e. The molecule has 1 aliphatic carbocycles. The first-order valence-electron chi connectivity index (χ1n) is 19.8. The smallest absolute Gasteiger partial charge is 0.0405 e. The lowest BCUT2D eigenvalue weighted by Crippen LogP contribution is -2.25. The molecule has 0 amide bonds. The van der Waals surface area contributed by atoms with E-state index < -0.39 is 0 Å². The first kappa shape index (κ1) is 38.5. The zero-order chi connectivity index (χ0) is 32.0. The third-order valence-corrected chi connectivity index (χ3v) is 13.2. The molecule has 0 spiro atoms. The summed E-state index contributed by atoms with van der Waals surface area (Å²) in [5, 5.41) is 5.06. The van der Waals surface area contributed by atoms with E-state index in [1.165, 1.54) is 169 Å². The Labute approximate surface area is 284 Å². The van der Waals surface area contributed by atoms with Crippen LogP contribution in [0.2, 0.25) is 0 Å². The molecule has 2 atom stereocenters. The van der Waals surface area contributed by atoms with Crippen molar-refractivity contribution >= 4 is 21.4 Å². The molecule has 0 bridgehead atoms. The Morgan fingerprint density at radius 3 is 1.80 bits per heavy atom. The average Bonchev–Trinajstić information content (AvgIpc) is 3.55. The fraction of sp³-hybridized carbons (Fsp3) is 0.698. The van der Waals surface area contributed by atoms with Crippen molar-refractivity contribution in [3.8, 4) is 0 Å². The van der Waals surface area contributed by atoms with Crippen molar-refractivity contribution in [2.75, 3.05) is 0 Å². The molecule has 0 fully saturated rings. The van der Waals surface area contributed by atoms with Crippen molar-refractivity contribution < 1.29 is 0 Å². The van der Waals surface area contributed by atoms with Gasteiger partial charge in [-0.3, -0.25) is 0 Å². The standard InChI is InChI=1S/C43H70P2/c1-5-9-12-14-16-18-20-22-24-26-29-36-45-37-41(45)43(34-27-11-7-3,35-28-25-23-21-19-17-15-13-10-6-2)42-38-32-30-33-39(38)44-40(42)31-8-4/h28-30,32-33,35-37H,5-27,31,34H2,1-4H3. The SMILES string of the molecule is CCCCCCCCCCC=CC(CCCCC)(C1=CP1C=CCCCCCCCCCCC)C1=C2C=CC=C2P=C1CCC. The molecular weight excluding hydrogens is 578 g/mol. The molecular formula is C43H70P2. The van der Waals surface area contributed by atoms with Gasteiger partial charge in [-0.15, -0.1) is 0 Å². The van der Waals surface area contributed by atoms with Crippen molar-refractivity contribution in [1.29, 1.82) is 0 Å². The summed E-state index contributed by atoms with van der Waals surface area (Å²) in [6, 6.07) is 0. The average molecular weight is 649 g/mol. The Hall–Kier alpha value is -0.960. The summed E-state index contributed by atoms with van der Waals surface area (Å²) in [5.41, 5.74) is 3.41. The van der Waals surface area contributed by atoms with Gasteiger partial charge in [-0.1, -0.05) is 194 Å². The van der Waals surface area contributed by atoms with Crippen LogP contribution in [-0.4, -0.2) is 5.29 Å². The molecule has 252 valence electrons. The minimum Gasteiger partial charge on any atom is -0.0873 e. The van der Waals surface area contributed by atoms with Crippen LogP contribution in [0.1, 0.15) is 188 Å². The van der Waals surface area contributed by atoms with Crippen LogP contribution >= 0.6 is 16.1 Å². The van der Waals surface area contributed by atoms with Gasteiger partial charge in [0.25, 0.3) is 0 Å². The predicted molar refractivity (Wildman–Crippen MR) is 210 cm³/mol. The molecule has 0 aromatic heterocycles. The molecule has 2 heterocycles. The van der Waals surface area contributed by atoms with Crippen molar-refractivity contribution in [2.24, 2.45) is 5.41 Å². The molecule has 2 aliphatic heterocycles. The van der Waals surface area contributed by atoms with Gasteiger partial charge in [-0.05, 0) is 80.1 Å². The Bertz CT molecular complexity index is 1050. The second-order valence-electron chi connectivity index (χ2n) is 14.0. The van der Waals surface area contributed by atoms with Crippen LogP contribution in [0.4, 0.5) is 0 Å². The lowest BCUT2D eigenvalue weighted by atomic mass is 9.71. The molecule has 0 radical (unpaired) electrons. The van der Waals surface area contributed by atoms with Crippen molar-refractivity contribution in [2.45, 2.75) is 188 Å². The van der Waals surface area contributed by atoms with Gasteiger partial charge in [0.1, 0.15) is 0 Å². The lowest BCUT2D eigenvalue weighted by molar-refractivity contribution is 0.496. The van der Waals surface area contributed by atoms with Crippen LogP contribution in [0.3, 0.4) is 0 Å². The number of hydrogen-bond acceptors (Lipinski definition) is 0. The van der Waals surface area contributed by atoms with Crippen molar-refractivity contribution in [3.05, 3.63) is 69.9 Å². The van der Waals surface area contributed by atoms with Crippen molar-refractivity contribution in [3.63, 3.8) is 0 Å². The number of rotatable bonds is 29. The second kappa shape index (κ2) is 23.4. The van der Waals surface area contributed by atoms with E-state index in [9.17, 15) is 0 Å². The maximum Gasteiger partial charge on any atom is 0.0405 e. The first-order valence-corrected chi connectivity index (χ1v) is 22.2. The molecule has 0 aromatic carbocycles. The summed E-state index contributed by atoms with van der Waals surface area (Å²) in [4.78, 5) is 0. The van der Waals surface area contributed by atoms with E-state index in [0.717, 1.165) is 0 Å². The Morgan fingerprint density at radius 2 is 1.20 bits per heavy atom. The van der Waals surface area contributed by atoms with Gasteiger partial charge in [0.15, 0.2) is 0 Å². The summed E-state index contributed by atoms with van der Waals surface area (Å²) in [6.45, 7) is 9.36. The van der Waals surface area contributed by atoms with Crippen LogP contribution in [0.15, 0.2) is 69.9 Å². The number of allylic oxidation sites excluding steroid dienone is 10. The van der Waals surface area contributed by atoms with Gasteiger partial charge in [0.2, 0.25) is 0 Å². The highest BCUT2D eigenvalue weighted by molar-refractivity contribution is 7.75. The summed E-state index contributed by atoms with van der Waals surface area (Å²) in [7, 11) is 1.29. The lowest BCUT2D eigenvalue weighted by Gasteiger charge is -2.34. The van der Waals surface area contributed by atoms with E-state index in [4.69, 9.17) is 0 Å².